The first kappa shape index (κ1) is 16.6. The molecule has 1 aromatic heterocycles. The number of rotatable bonds is 2. The zero-order valence-electron chi connectivity index (χ0n) is 14.7. The minimum atomic E-state index is -0.579. The monoisotopic (exact) mass is 351 g/mol. The molecule has 1 aliphatic carbocycles. The van der Waals surface area contributed by atoms with Crippen LogP contribution in [-0.2, 0) is 0 Å². The number of aromatic hydroxyl groups is 1. The van der Waals surface area contributed by atoms with Crippen molar-refractivity contribution >= 4 is 23.0 Å². The molecule has 0 unspecified atom stereocenters. The Balaban J connectivity index is 1.87. The van der Waals surface area contributed by atoms with Crippen molar-refractivity contribution in [3.05, 3.63) is 56.2 Å². The van der Waals surface area contributed by atoms with Crippen molar-refractivity contribution < 1.29 is 5.11 Å². The number of benzene rings is 1. The van der Waals surface area contributed by atoms with Gasteiger partial charge < -0.3 is 5.11 Å². The molecule has 2 heterocycles. The average molecular weight is 351 g/mol. The molecule has 1 aromatic carbocycles. The van der Waals surface area contributed by atoms with Crippen LogP contribution in [0.2, 0.25) is 0 Å². The first-order chi connectivity index (χ1) is 12.6. The molecule has 2 N–H and O–H groups in total. The fraction of sp³-hybridized carbons (Fsp3) is 0.350. The van der Waals surface area contributed by atoms with E-state index in [1.165, 1.54) is 4.57 Å². The number of hydrogen-bond acceptors (Lipinski definition) is 4. The van der Waals surface area contributed by atoms with Gasteiger partial charge in [-0.1, -0.05) is 37.5 Å². The van der Waals surface area contributed by atoms with Crippen LogP contribution in [0.5, 0.6) is 5.88 Å². The quantitative estimate of drug-likeness (QED) is 0.869. The van der Waals surface area contributed by atoms with Gasteiger partial charge in [-0.25, -0.2) is 4.79 Å². The SMILES string of the molecule is CC1=Nc2ccccc2/C1=C\c1c(O)n(C2CCCCC2)c(=O)[nH]c1=O. The van der Waals surface area contributed by atoms with Gasteiger partial charge in [0, 0.05) is 22.9 Å². The standard InChI is InChI=1S/C20H21N3O3/c1-12-15(14-9-5-6-10-17(14)21-12)11-16-18(24)22-20(26)23(19(16)25)13-7-3-2-4-8-13/h5-6,9-11,13,25H,2-4,7-8H2,1H3,(H,22,24,26)/b15-11-. The van der Waals surface area contributed by atoms with Crippen LogP contribution in [0.1, 0.15) is 56.2 Å². The van der Waals surface area contributed by atoms with Crippen LogP contribution in [0.3, 0.4) is 0 Å². The smallest absolute Gasteiger partial charge is 0.331 e. The molecular weight excluding hydrogens is 330 g/mol. The number of aromatic nitrogens is 2. The number of para-hydroxylation sites is 1. The summed E-state index contributed by atoms with van der Waals surface area (Å²) in [5.74, 6) is -0.254. The zero-order chi connectivity index (χ0) is 18.3. The fourth-order valence-corrected chi connectivity index (χ4v) is 3.92. The summed E-state index contributed by atoms with van der Waals surface area (Å²) in [5.41, 5.74) is 2.31. The van der Waals surface area contributed by atoms with E-state index in [-0.39, 0.29) is 17.5 Å². The number of aliphatic imine (C=N–C) groups is 1. The second-order valence-corrected chi connectivity index (χ2v) is 6.93. The van der Waals surface area contributed by atoms with Gasteiger partial charge in [0.1, 0.15) is 5.56 Å². The van der Waals surface area contributed by atoms with Crippen molar-refractivity contribution in [3.63, 3.8) is 0 Å². The van der Waals surface area contributed by atoms with Gasteiger partial charge in [0.15, 0.2) is 0 Å². The zero-order valence-corrected chi connectivity index (χ0v) is 14.7. The number of hydrogen-bond donors (Lipinski definition) is 2. The van der Waals surface area contributed by atoms with Crippen molar-refractivity contribution in [2.45, 2.75) is 45.1 Å². The van der Waals surface area contributed by atoms with E-state index in [9.17, 15) is 14.7 Å². The van der Waals surface area contributed by atoms with E-state index >= 15 is 0 Å². The second-order valence-electron chi connectivity index (χ2n) is 6.93. The van der Waals surface area contributed by atoms with Crippen molar-refractivity contribution in [2.24, 2.45) is 4.99 Å². The molecule has 0 atom stereocenters. The predicted octanol–water partition coefficient (Wildman–Crippen LogP) is 3.39. The van der Waals surface area contributed by atoms with Crippen molar-refractivity contribution in [3.8, 4) is 5.88 Å². The number of nitrogens with one attached hydrogen (secondary N) is 1. The van der Waals surface area contributed by atoms with E-state index in [4.69, 9.17) is 0 Å². The molecule has 0 radical (unpaired) electrons. The maximum absolute atomic E-state index is 12.4. The molecule has 6 heteroatoms. The van der Waals surface area contributed by atoms with Gasteiger partial charge in [-0.2, -0.15) is 0 Å². The Bertz CT molecular complexity index is 1040. The number of nitrogens with zero attached hydrogens (tertiary/aromatic N) is 2. The molecule has 0 saturated heterocycles. The molecule has 134 valence electrons. The molecule has 2 aromatic rings. The highest BCUT2D eigenvalue weighted by molar-refractivity contribution is 6.31. The Morgan fingerprint density at radius 1 is 1.19 bits per heavy atom. The van der Waals surface area contributed by atoms with Gasteiger partial charge >= 0.3 is 5.69 Å². The van der Waals surface area contributed by atoms with E-state index in [0.717, 1.165) is 54.6 Å². The maximum atomic E-state index is 12.4. The van der Waals surface area contributed by atoms with Crippen LogP contribution in [-0.4, -0.2) is 20.4 Å². The maximum Gasteiger partial charge on any atom is 0.331 e. The lowest BCUT2D eigenvalue weighted by molar-refractivity contribution is 0.298. The second kappa shape index (κ2) is 6.44. The van der Waals surface area contributed by atoms with Gasteiger partial charge in [-0.15, -0.1) is 0 Å². The van der Waals surface area contributed by atoms with E-state index in [1.54, 1.807) is 6.08 Å². The third-order valence-electron chi connectivity index (χ3n) is 5.25. The number of fused-ring (bicyclic) bond motifs is 1. The van der Waals surface area contributed by atoms with Crippen LogP contribution < -0.4 is 11.2 Å². The molecule has 1 aliphatic heterocycles. The van der Waals surface area contributed by atoms with Crippen molar-refractivity contribution in [2.75, 3.05) is 0 Å². The van der Waals surface area contributed by atoms with Gasteiger partial charge in [0.25, 0.3) is 5.56 Å². The third-order valence-corrected chi connectivity index (χ3v) is 5.25. The first-order valence-electron chi connectivity index (χ1n) is 9.01. The minimum absolute atomic E-state index is 0.0733. The highest BCUT2D eigenvalue weighted by atomic mass is 16.3. The van der Waals surface area contributed by atoms with Gasteiger partial charge in [-0.05, 0) is 31.9 Å². The van der Waals surface area contributed by atoms with Gasteiger partial charge in [0.2, 0.25) is 5.88 Å². The van der Waals surface area contributed by atoms with Crippen LogP contribution in [0.15, 0.2) is 38.8 Å². The minimum Gasteiger partial charge on any atom is -0.494 e. The molecule has 4 rings (SSSR count). The molecule has 0 bridgehead atoms. The van der Waals surface area contributed by atoms with Crippen LogP contribution >= 0.6 is 0 Å². The summed E-state index contributed by atoms with van der Waals surface area (Å²) in [7, 11) is 0. The number of H-pyrrole nitrogens is 1. The van der Waals surface area contributed by atoms with Gasteiger partial charge in [-0.3, -0.25) is 19.3 Å². The van der Waals surface area contributed by atoms with Gasteiger partial charge in [0.05, 0.1) is 5.69 Å². The summed E-state index contributed by atoms with van der Waals surface area (Å²) < 4.78 is 1.35. The molecular formula is C20H21N3O3. The highest BCUT2D eigenvalue weighted by Crippen LogP contribution is 2.36. The normalized spacial score (nSPS) is 18.8. The Hall–Kier alpha value is -2.89. The average Bonchev–Trinajstić information content (AvgIpc) is 2.94. The molecule has 1 saturated carbocycles. The summed E-state index contributed by atoms with van der Waals surface area (Å²) in [6, 6.07) is 7.59. The van der Waals surface area contributed by atoms with E-state index in [1.807, 2.05) is 31.2 Å². The summed E-state index contributed by atoms with van der Waals surface area (Å²) in [6.07, 6.45) is 6.48. The predicted molar refractivity (Wildman–Crippen MR) is 102 cm³/mol. The molecule has 6 nitrogen and oxygen atoms in total. The number of aromatic amines is 1. The van der Waals surface area contributed by atoms with Crippen LogP contribution in [0, 0.1) is 0 Å². The summed E-state index contributed by atoms with van der Waals surface area (Å²) in [4.78, 5) is 31.6. The summed E-state index contributed by atoms with van der Waals surface area (Å²) in [6.45, 7) is 1.87. The topological polar surface area (TPSA) is 87.4 Å². The fourth-order valence-electron chi connectivity index (χ4n) is 3.92. The summed E-state index contributed by atoms with van der Waals surface area (Å²) in [5, 5.41) is 10.8. The lowest BCUT2D eigenvalue weighted by Crippen LogP contribution is -2.34. The molecule has 0 spiro atoms. The number of allylic oxidation sites excluding steroid dienone is 1. The van der Waals surface area contributed by atoms with E-state index in [0.29, 0.717) is 0 Å². The Labute approximate surface area is 150 Å². The highest BCUT2D eigenvalue weighted by Gasteiger charge is 2.24. The Morgan fingerprint density at radius 2 is 1.92 bits per heavy atom. The summed E-state index contributed by atoms with van der Waals surface area (Å²) >= 11 is 0. The molecule has 0 amide bonds. The molecule has 26 heavy (non-hydrogen) atoms. The Kier molecular flexibility index (Phi) is 4.11. The van der Waals surface area contributed by atoms with E-state index < -0.39 is 11.2 Å². The Morgan fingerprint density at radius 3 is 2.69 bits per heavy atom. The van der Waals surface area contributed by atoms with Crippen molar-refractivity contribution in [1.82, 2.24) is 9.55 Å². The lowest BCUT2D eigenvalue weighted by Gasteiger charge is -2.24. The van der Waals surface area contributed by atoms with Crippen molar-refractivity contribution in [1.29, 1.82) is 0 Å². The lowest BCUT2D eigenvalue weighted by atomic mass is 9.95. The first-order valence-corrected chi connectivity index (χ1v) is 9.01. The van der Waals surface area contributed by atoms with Crippen LogP contribution in [0.25, 0.3) is 11.6 Å². The largest absolute Gasteiger partial charge is 0.494 e. The molecule has 1 fully saturated rings. The van der Waals surface area contributed by atoms with E-state index in [2.05, 4.69) is 9.98 Å². The van der Waals surface area contributed by atoms with Crippen LogP contribution in [0.4, 0.5) is 5.69 Å². The molecule has 2 aliphatic rings. The third kappa shape index (κ3) is 2.71.